The minimum atomic E-state index is -1.13. The minimum Gasteiger partial charge on any atom is -0.479 e. The molecule has 0 aromatic carbocycles. The van der Waals surface area contributed by atoms with Crippen LogP contribution in [0.4, 0.5) is 0 Å². The lowest BCUT2D eigenvalue weighted by Gasteiger charge is -2.24. The summed E-state index contributed by atoms with van der Waals surface area (Å²) in [5, 5.41) is 15.7. The van der Waals surface area contributed by atoms with Crippen LogP contribution in [0.2, 0.25) is 0 Å². The van der Waals surface area contributed by atoms with Crippen molar-refractivity contribution in [3.63, 3.8) is 0 Å². The molecule has 1 atom stereocenters. The number of carbonyl (C=O) groups is 2. The van der Waals surface area contributed by atoms with Crippen LogP contribution in [-0.2, 0) is 11.8 Å². The van der Waals surface area contributed by atoms with Crippen LogP contribution in [0.5, 0.6) is 0 Å². The molecule has 1 aromatic rings. The highest BCUT2D eigenvalue weighted by molar-refractivity contribution is 7.99. The van der Waals surface area contributed by atoms with Gasteiger partial charge in [0.05, 0.1) is 0 Å². The first-order valence-electron chi connectivity index (χ1n) is 5.17. The summed E-state index contributed by atoms with van der Waals surface area (Å²) in [6.07, 6.45) is 1.96. The topological polar surface area (TPSA) is 84.2 Å². The van der Waals surface area contributed by atoms with Crippen LogP contribution in [-0.4, -0.2) is 43.8 Å². The highest BCUT2D eigenvalue weighted by Crippen LogP contribution is 2.28. The summed E-state index contributed by atoms with van der Waals surface area (Å²) in [5.74, 6) is -0.211. The first-order valence-corrected chi connectivity index (χ1v) is 6.32. The number of carboxylic acids is 1. The van der Waals surface area contributed by atoms with Crippen LogP contribution in [0.3, 0.4) is 0 Å². The number of nitrogens with zero attached hydrogens (tertiary/aromatic N) is 2. The number of carboxylic acid groups (broad SMARTS) is 1. The van der Waals surface area contributed by atoms with Crippen molar-refractivity contribution < 1.29 is 14.7 Å². The standard InChI is InChI=1S/C10H13N3O3S/c1-13-7(2-4-11-13)8(14)12-10(9(15)16)3-5-17-6-10/h2,4H,3,5-6H2,1H3,(H,12,14)(H,15,16)/t10-/m1/s1. The minimum absolute atomic E-state index is 0.363. The van der Waals surface area contributed by atoms with Crippen LogP contribution in [0.25, 0.3) is 0 Å². The van der Waals surface area contributed by atoms with Crippen molar-refractivity contribution in [2.75, 3.05) is 11.5 Å². The smallest absolute Gasteiger partial charge is 0.330 e. The lowest BCUT2D eigenvalue weighted by atomic mass is 9.99. The number of amides is 1. The fourth-order valence-electron chi connectivity index (χ4n) is 1.76. The van der Waals surface area contributed by atoms with Gasteiger partial charge in [-0.2, -0.15) is 16.9 Å². The van der Waals surface area contributed by atoms with Gasteiger partial charge in [0.15, 0.2) is 0 Å². The van der Waals surface area contributed by atoms with Gasteiger partial charge in [-0.1, -0.05) is 0 Å². The summed E-state index contributed by atoms with van der Waals surface area (Å²) >= 11 is 1.53. The zero-order valence-electron chi connectivity index (χ0n) is 9.34. The highest BCUT2D eigenvalue weighted by atomic mass is 32.2. The molecule has 1 aromatic heterocycles. The third-order valence-electron chi connectivity index (χ3n) is 2.84. The van der Waals surface area contributed by atoms with E-state index in [1.54, 1.807) is 13.1 Å². The van der Waals surface area contributed by atoms with Gasteiger partial charge >= 0.3 is 5.97 Å². The second-order valence-electron chi connectivity index (χ2n) is 3.98. The molecule has 1 amide bonds. The zero-order chi connectivity index (χ0) is 12.5. The molecule has 0 spiro atoms. The third kappa shape index (κ3) is 2.14. The molecule has 1 fully saturated rings. The van der Waals surface area contributed by atoms with Gasteiger partial charge in [-0.3, -0.25) is 9.48 Å². The van der Waals surface area contributed by atoms with Gasteiger partial charge in [-0.05, 0) is 18.2 Å². The molecule has 0 aliphatic carbocycles. The Balaban J connectivity index is 2.17. The van der Waals surface area contributed by atoms with E-state index in [0.717, 1.165) is 5.75 Å². The van der Waals surface area contributed by atoms with Crippen LogP contribution < -0.4 is 5.32 Å². The Morgan fingerprint density at radius 1 is 1.65 bits per heavy atom. The SMILES string of the molecule is Cn1nccc1C(=O)N[C@]1(C(=O)O)CCSC1. The number of carbonyl (C=O) groups excluding carboxylic acids is 1. The van der Waals surface area contributed by atoms with E-state index < -0.39 is 17.4 Å². The van der Waals surface area contributed by atoms with Gasteiger partial charge < -0.3 is 10.4 Å². The van der Waals surface area contributed by atoms with Crippen molar-refractivity contribution in [3.05, 3.63) is 18.0 Å². The maximum Gasteiger partial charge on any atom is 0.330 e. The number of hydrogen-bond acceptors (Lipinski definition) is 4. The maximum absolute atomic E-state index is 11.9. The molecule has 1 saturated heterocycles. The van der Waals surface area contributed by atoms with Gasteiger partial charge in [0.1, 0.15) is 11.2 Å². The monoisotopic (exact) mass is 255 g/mol. The van der Waals surface area contributed by atoms with Crippen LogP contribution in [0.15, 0.2) is 12.3 Å². The summed E-state index contributed by atoms with van der Waals surface area (Å²) < 4.78 is 1.42. The van der Waals surface area contributed by atoms with Crippen molar-refractivity contribution in [1.82, 2.24) is 15.1 Å². The molecule has 0 saturated carbocycles. The summed E-state index contributed by atoms with van der Waals surface area (Å²) in [7, 11) is 1.64. The molecule has 0 bridgehead atoms. The lowest BCUT2D eigenvalue weighted by Crippen LogP contribution is -2.55. The third-order valence-corrected chi connectivity index (χ3v) is 4.03. The quantitative estimate of drug-likeness (QED) is 0.801. The summed E-state index contributed by atoms with van der Waals surface area (Å²) in [6, 6.07) is 1.56. The van der Waals surface area contributed by atoms with Crippen LogP contribution in [0, 0.1) is 0 Å². The fourth-order valence-corrected chi connectivity index (χ4v) is 3.09. The lowest BCUT2D eigenvalue weighted by molar-refractivity contribution is -0.143. The van der Waals surface area contributed by atoms with E-state index in [1.165, 1.54) is 22.6 Å². The average Bonchev–Trinajstić information content (AvgIpc) is 2.87. The molecular weight excluding hydrogens is 242 g/mol. The molecule has 2 N–H and O–H groups in total. The van der Waals surface area contributed by atoms with Gasteiger partial charge in [0.25, 0.3) is 5.91 Å². The zero-order valence-corrected chi connectivity index (χ0v) is 10.2. The normalized spacial score (nSPS) is 23.6. The Morgan fingerprint density at radius 2 is 2.41 bits per heavy atom. The van der Waals surface area contributed by atoms with E-state index in [1.807, 2.05) is 0 Å². The average molecular weight is 255 g/mol. The number of hydrogen-bond donors (Lipinski definition) is 2. The predicted octanol–water partition coefficient (Wildman–Crippen LogP) is 0.110. The molecule has 1 aliphatic heterocycles. The van der Waals surface area contributed by atoms with Gasteiger partial charge in [0, 0.05) is 19.0 Å². The summed E-state index contributed by atoms with van der Waals surface area (Å²) in [4.78, 5) is 23.2. The number of nitrogens with one attached hydrogen (secondary N) is 1. The number of aliphatic carboxylic acids is 1. The Bertz CT molecular complexity index is 451. The van der Waals surface area contributed by atoms with E-state index in [2.05, 4.69) is 10.4 Å². The molecular formula is C10H13N3O3S. The molecule has 2 rings (SSSR count). The van der Waals surface area contributed by atoms with Gasteiger partial charge in [0.2, 0.25) is 0 Å². The number of aromatic nitrogens is 2. The first kappa shape index (κ1) is 12.0. The van der Waals surface area contributed by atoms with E-state index >= 15 is 0 Å². The second kappa shape index (κ2) is 4.40. The Labute approximate surface area is 102 Å². The molecule has 7 heteroatoms. The number of thioether (sulfide) groups is 1. The van der Waals surface area contributed by atoms with E-state index in [0.29, 0.717) is 17.9 Å². The van der Waals surface area contributed by atoms with E-state index in [-0.39, 0.29) is 0 Å². The Hall–Kier alpha value is -1.50. The Morgan fingerprint density at radius 3 is 2.88 bits per heavy atom. The second-order valence-corrected chi connectivity index (χ2v) is 5.09. The molecule has 17 heavy (non-hydrogen) atoms. The molecule has 92 valence electrons. The summed E-state index contributed by atoms with van der Waals surface area (Å²) in [6.45, 7) is 0. The number of aryl methyl sites for hydroxylation is 1. The van der Waals surface area contributed by atoms with Crippen molar-refractivity contribution in [2.45, 2.75) is 12.0 Å². The number of rotatable bonds is 3. The van der Waals surface area contributed by atoms with Crippen molar-refractivity contribution in [2.24, 2.45) is 7.05 Å². The fraction of sp³-hybridized carbons (Fsp3) is 0.500. The molecule has 6 nitrogen and oxygen atoms in total. The largest absolute Gasteiger partial charge is 0.479 e. The van der Waals surface area contributed by atoms with Crippen molar-refractivity contribution >= 4 is 23.6 Å². The highest BCUT2D eigenvalue weighted by Gasteiger charge is 2.43. The van der Waals surface area contributed by atoms with Gasteiger partial charge in [-0.25, -0.2) is 4.79 Å². The van der Waals surface area contributed by atoms with E-state index in [4.69, 9.17) is 0 Å². The van der Waals surface area contributed by atoms with Crippen molar-refractivity contribution in [3.8, 4) is 0 Å². The van der Waals surface area contributed by atoms with Crippen LogP contribution in [0.1, 0.15) is 16.9 Å². The Kier molecular flexibility index (Phi) is 3.10. The van der Waals surface area contributed by atoms with Crippen molar-refractivity contribution in [1.29, 1.82) is 0 Å². The first-order chi connectivity index (χ1) is 8.05. The van der Waals surface area contributed by atoms with Gasteiger partial charge in [-0.15, -0.1) is 0 Å². The molecule has 0 unspecified atom stereocenters. The molecule has 0 radical (unpaired) electrons. The molecule has 2 heterocycles. The predicted molar refractivity (Wildman–Crippen MR) is 63.0 cm³/mol. The summed E-state index contributed by atoms with van der Waals surface area (Å²) in [5.41, 5.74) is -0.769. The van der Waals surface area contributed by atoms with E-state index in [9.17, 15) is 14.7 Å². The molecule has 1 aliphatic rings. The van der Waals surface area contributed by atoms with Crippen LogP contribution >= 0.6 is 11.8 Å². The maximum atomic E-state index is 11.9.